The maximum Gasteiger partial charge on any atom is 0.261 e. The molecule has 0 aliphatic carbocycles. The van der Waals surface area contributed by atoms with Crippen molar-refractivity contribution in [1.29, 1.82) is 0 Å². The predicted molar refractivity (Wildman–Crippen MR) is 72.0 cm³/mol. The maximum atomic E-state index is 12.4. The van der Waals surface area contributed by atoms with Crippen LogP contribution < -0.4 is 10.6 Å². The van der Waals surface area contributed by atoms with Gasteiger partial charge in [-0.15, -0.1) is 0 Å². The van der Waals surface area contributed by atoms with Gasteiger partial charge in [0.2, 0.25) is 0 Å². The quantitative estimate of drug-likeness (QED) is 0.861. The lowest BCUT2D eigenvalue weighted by molar-refractivity contribution is 0.501. The highest BCUT2D eigenvalue weighted by atomic mass is 35.5. The molecule has 0 aliphatic heterocycles. The smallest absolute Gasteiger partial charge is 0.261 e. The average Bonchev–Trinajstić information content (AvgIpc) is 2.29. The van der Waals surface area contributed by atoms with Crippen LogP contribution in [0.4, 0.5) is 0 Å². The van der Waals surface area contributed by atoms with E-state index in [9.17, 15) is 9.46 Å². The summed E-state index contributed by atoms with van der Waals surface area (Å²) in [5.41, 5.74) is 0. The fourth-order valence-corrected chi connectivity index (χ4v) is 4.05. The first kappa shape index (κ1) is 12.7. The third-order valence-electron chi connectivity index (χ3n) is 2.36. The van der Waals surface area contributed by atoms with E-state index >= 15 is 0 Å². The van der Waals surface area contributed by atoms with Gasteiger partial charge in [0.1, 0.15) is 0 Å². The zero-order chi connectivity index (χ0) is 12.5. The standard InChI is InChI=1S/C12H9Cl2O2P/c13-9-5-1-3-7-11(9)17(15,16)12-8-4-2-6-10(12)14/h1-8H,(H,15,16). The minimum atomic E-state index is -3.74. The minimum Gasteiger partial charge on any atom is -0.338 e. The Morgan fingerprint density at radius 3 is 1.53 bits per heavy atom. The second-order valence-corrected chi connectivity index (χ2v) is 6.41. The Morgan fingerprint density at radius 1 is 0.824 bits per heavy atom. The molecule has 17 heavy (non-hydrogen) atoms. The van der Waals surface area contributed by atoms with Crippen molar-refractivity contribution < 1.29 is 9.46 Å². The van der Waals surface area contributed by atoms with Crippen molar-refractivity contribution >= 4 is 41.2 Å². The molecule has 5 heteroatoms. The first-order valence-corrected chi connectivity index (χ1v) is 7.28. The normalized spacial score (nSPS) is 11.5. The van der Waals surface area contributed by atoms with Crippen molar-refractivity contribution in [2.45, 2.75) is 0 Å². The lowest BCUT2D eigenvalue weighted by Crippen LogP contribution is -2.17. The van der Waals surface area contributed by atoms with Gasteiger partial charge in [0.05, 0.1) is 20.7 Å². The van der Waals surface area contributed by atoms with Crippen molar-refractivity contribution in [1.82, 2.24) is 0 Å². The highest BCUT2D eigenvalue weighted by Crippen LogP contribution is 2.42. The number of hydrogen-bond donors (Lipinski definition) is 1. The molecule has 0 saturated heterocycles. The van der Waals surface area contributed by atoms with Gasteiger partial charge in [0, 0.05) is 0 Å². The summed E-state index contributed by atoms with van der Waals surface area (Å²) in [6, 6.07) is 13.0. The Labute approximate surface area is 109 Å². The Bertz CT molecular complexity index is 549. The van der Waals surface area contributed by atoms with Crippen molar-refractivity contribution in [3.8, 4) is 0 Å². The summed E-state index contributed by atoms with van der Waals surface area (Å²) in [4.78, 5) is 10.2. The molecule has 88 valence electrons. The molecule has 2 rings (SSSR count). The number of benzene rings is 2. The van der Waals surface area contributed by atoms with Gasteiger partial charge in [0.25, 0.3) is 7.37 Å². The lowest BCUT2D eigenvalue weighted by Gasteiger charge is -2.14. The van der Waals surface area contributed by atoms with E-state index in [4.69, 9.17) is 23.2 Å². The SMILES string of the molecule is O=P(O)(c1ccccc1Cl)c1ccccc1Cl. The molecular formula is C12H9Cl2O2P. The summed E-state index contributed by atoms with van der Waals surface area (Å²) < 4.78 is 12.4. The van der Waals surface area contributed by atoms with Crippen LogP contribution >= 0.6 is 30.6 Å². The predicted octanol–water partition coefficient (Wildman–Crippen LogP) is 3.21. The second-order valence-electron chi connectivity index (χ2n) is 3.48. The van der Waals surface area contributed by atoms with E-state index in [1.807, 2.05) is 0 Å². The summed E-state index contributed by atoms with van der Waals surface area (Å²) >= 11 is 11.9. The lowest BCUT2D eigenvalue weighted by atomic mass is 10.4. The van der Waals surface area contributed by atoms with E-state index in [1.165, 1.54) is 12.1 Å². The Hall–Kier alpha value is -0.790. The van der Waals surface area contributed by atoms with E-state index in [0.29, 0.717) is 0 Å². The van der Waals surface area contributed by atoms with E-state index in [-0.39, 0.29) is 20.7 Å². The Kier molecular flexibility index (Phi) is 3.60. The monoisotopic (exact) mass is 286 g/mol. The van der Waals surface area contributed by atoms with E-state index in [2.05, 4.69) is 0 Å². The summed E-state index contributed by atoms with van der Waals surface area (Å²) in [5.74, 6) is 0. The fourth-order valence-electron chi connectivity index (χ4n) is 1.52. The summed E-state index contributed by atoms with van der Waals surface area (Å²) in [5, 5.41) is 0.932. The molecule has 2 nitrogen and oxygen atoms in total. The molecule has 0 aliphatic rings. The van der Waals surface area contributed by atoms with Crippen LogP contribution in [-0.4, -0.2) is 4.89 Å². The van der Waals surface area contributed by atoms with Crippen molar-refractivity contribution in [2.75, 3.05) is 0 Å². The third kappa shape index (κ3) is 2.41. The number of hydrogen-bond acceptors (Lipinski definition) is 1. The maximum absolute atomic E-state index is 12.4. The van der Waals surface area contributed by atoms with Gasteiger partial charge >= 0.3 is 0 Å². The zero-order valence-corrected chi connectivity index (χ0v) is 11.1. The Balaban J connectivity index is 2.63. The fraction of sp³-hybridized carbons (Fsp3) is 0. The van der Waals surface area contributed by atoms with Crippen LogP contribution in [0.5, 0.6) is 0 Å². The van der Waals surface area contributed by atoms with Gasteiger partial charge in [0.15, 0.2) is 0 Å². The molecule has 2 aromatic rings. The molecule has 0 saturated carbocycles. The van der Waals surface area contributed by atoms with Crippen LogP contribution in [0.1, 0.15) is 0 Å². The van der Waals surface area contributed by atoms with Crippen LogP contribution in [0.25, 0.3) is 0 Å². The second kappa shape index (κ2) is 4.83. The largest absolute Gasteiger partial charge is 0.338 e. The van der Waals surface area contributed by atoms with Crippen molar-refractivity contribution in [3.05, 3.63) is 58.6 Å². The van der Waals surface area contributed by atoms with Gasteiger partial charge in [-0.2, -0.15) is 0 Å². The van der Waals surface area contributed by atoms with Crippen LogP contribution in [0.3, 0.4) is 0 Å². The molecule has 0 spiro atoms. The molecular weight excluding hydrogens is 278 g/mol. The van der Waals surface area contributed by atoms with Crippen molar-refractivity contribution in [2.24, 2.45) is 0 Å². The first-order chi connectivity index (χ1) is 8.03. The molecule has 1 N–H and O–H groups in total. The molecule has 0 atom stereocenters. The minimum absolute atomic E-state index is 0.203. The average molecular weight is 287 g/mol. The summed E-state index contributed by atoms with van der Waals surface area (Å²) in [7, 11) is -3.74. The van der Waals surface area contributed by atoms with Crippen LogP contribution in [0.15, 0.2) is 48.5 Å². The molecule has 0 amide bonds. The van der Waals surface area contributed by atoms with Gasteiger partial charge in [-0.1, -0.05) is 47.5 Å². The molecule has 0 radical (unpaired) electrons. The van der Waals surface area contributed by atoms with Gasteiger partial charge in [-0.25, -0.2) is 0 Å². The summed E-state index contributed by atoms with van der Waals surface area (Å²) in [6.45, 7) is 0. The number of rotatable bonds is 2. The molecule has 0 heterocycles. The third-order valence-corrected chi connectivity index (χ3v) is 5.37. The van der Waals surface area contributed by atoms with Crippen LogP contribution in [-0.2, 0) is 4.57 Å². The van der Waals surface area contributed by atoms with Gasteiger partial charge < -0.3 is 4.89 Å². The first-order valence-electron chi connectivity index (χ1n) is 4.86. The molecule has 0 bridgehead atoms. The number of halogens is 2. The van der Waals surface area contributed by atoms with Crippen LogP contribution in [0, 0.1) is 0 Å². The molecule has 0 unspecified atom stereocenters. The van der Waals surface area contributed by atoms with E-state index < -0.39 is 7.37 Å². The summed E-state index contributed by atoms with van der Waals surface area (Å²) in [6.07, 6.45) is 0. The van der Waals surface area contributed by atoms with Crippen LogP contribution in [0.2, 0.25) is 10.0 Å². The Morgan fingerprint density at radius 2 is 1.18 bits per heavy atom. The topological polar surface area (TPSA) is 37.3 Å². The van der Waals surface area contributed by atoms with E-state index in [0.717, 1.165) is 0 Å². The van der Waals surface area contributed by atoms with Gasteiger partial charge in [-0.05, 0) is 24.3 Å². The highest BCUT2D eigenvalue weighted by molar-refractivity contribution is 7.74. The van der Waals surface area contributed by atoms with E-state index in [1.54, 1.807) is 36.4 Å². The zero-order valence-electron chi connectivity index (χ0n) is 8.68. The highest BCUT2D eigenvalue weighted by Gasteiger charge is 2.28. The van der Waals surface area contributed by atoms with Gasteiger partial charge in [-0.3, -0.25) is 4.57 Å². The van der Waals surface area contributed by atoms with Crippen molar-refractivity contribution in [3.63, 3.8) is 0 Å². The molecule has 0 fully saturated rings. The molecule has 0 aromatic heterocycles. The molecule has 2 aromatic carbocycles.